The van der Waals surface area contributed by atoms with Gasteiger partial charge in [0.25, 0.3) is 5.69 Å². The van der Waals surface area contributed by atoms with Crippen molar-refractivity contribution < 1.29 is 13.3 Å². The Labute approximate surface area is 118 Å². The predicted octanol–water partition coefficient (Wildman–Crippen LogP) is 2.37. The Balaban J connectivity index is 2.25. The molecule has 2 atom stereocenters. The van der Waals surface area contributed by atoms with Crippen LogP contribution in [-0.4, -0.2) is 19.4 Å². The van der Waals surface area contributed by atoms with Gasteiger partial charge in [0.2, 0.25) is 10.0 Å². The Morgan fingerprint density at radius 1 is 1.35 bits per heavy atom. The van der Waals surface area contributed by atoms with E-state index in [0.29, 0.717) is 11.5 Å². The lowest BCUT2D eigenvalue weighted by atomic mass is 10.1. The molecule has 20 heavy (non-hydrogen) atoms. The number of rotatable bonds is 4. The molecule has 0 aliphatic heterocycles. The fourth-order valence-electron chi connectivity index (χ4n) is 2.55. The fraction of sp³-hybridized carbons (Fsp3) is 0.538. The number of aryl methyl sites for hydroxylation is 1. The molecular weight excluding hydrogens is 280 g/mol. The smallest absolute Gasteiger partial charge is 0.258 e. The summed E-state index contributed by atoms with van der Waals surface area (Å²) in [4.78, 5) is 10.3. The quantitative estimate of drug-likeness (QED) is 0.682. The maximum absolute atomic E-state index is 12.2. The first kappa shape index (κ1) is 14.9. The molecule has 0 aromatic heterocycles. The normalized spacial score (nSPS) is 22.9. The minimum atomic E-state index is -3.69. The van der Waals surface area contributed by atoms with E-state index >= 15 is 0 Å². The maximum atomic E-state index is 12.2. The van der Waals surface area contributed by atoms with E-state index in [1.807, 2.05) is 0 Å². The van der Waals surface area contributed by atoms with Gasteiger partial charge in [-0.05, 0) is 38.2 Å². The molecule has 0 heterocycles. The van der Waals surface area contributed by atoms with E-state index in [1.165, 1.54) is 12.1 Å². The second-order valence-corrected chi connectivity index (χ2v) is 7.16. The molecule has 1 N–H and O–H groups in total. The van der Waals surface area contributed by atoms with Gasteiger partial charge >= 0.3 is 0 Å². The number of hydrogen-bond acceptors (Lipinski definition) is 4. The lowest BCUT2D eigenvalue weighted by Gasteiger charge is -2.13. The van der Waals surface area contributed by atoms with Crippen LogP contribution in [0, 0.1) is 23.0 Å². The third kappa shape index (κ3) is 3.16. The van der Waals surface area contributed by atoms with Crippen molar-refractivity contribution in [3.63, 3.8) is 0 Å². The number of nitro groups is 1. The van der Waals surface area contributed by atoms with Gasteiger partial charge in [0.15, 0.2) is 0 Å². The molecule has 2 unspecified atom stereocenters. The molecule has 2 rings (SSSR count). The van der Waals surface area contributed by atoms with Crippen molar-refractivity contribution in [3.05, 3.63) is 33.9 Å². The van der Waals surface area contributed by atoms with E-state index < -0.39 is 14.9 Å². The van der Waals surface area contributed by atoms with E-state index in [4.69, 9.17) is 0 Å². The molecule has 0 saturated heterocycles. The molecule has 7 heteroatoms. The van der Waals surface area contributed by atoms with Gasteiger partial charge in [0.1, 0.15) is 0 Å². The minimum absolute atomic E-state index is 0.0469. The summed E-state index contributed by atoms with van der Waals surface area (Å²) in [5, 5.41) is 10.9. The van der Waals surface area contributed by atoms with E-state index in [-0.39, 0.29) is 16.6 Å². The number of benzene rings is 1. The average Bonchev–Trinajstić information content (AvgIpc) is 2.73. The molecule has 0 amide bonds. The summed E-state index contributed by atoms with van der Waals surface area (Å²) in [7, 11) is -3.69. The van der Waals surface area contributed by atoms with Crippen LogP contribution in [0.2, 0.25) is 0 Å². The van der Waals surface area contributed by atoms with Crippen molar-refractivity contribution in [2.24, 2.45) is 5.92 Å². The molecule has 0 bridgehead atoms. The first-order valence-electron chi connectivity index (χ1n) is 6.57. The zero-order valence-electron chi connectivity index (χ0n) is 11.5. The lowest BCUT2D eigenvalue weighted by Crippen LogP contribution is -2.33. The molecule has 0 radical (unpaired) electrons. The highest BCUT2D eigenvalue weighted by atomic mass is 32.2. The van der Waals surface area contributed by atoms with Crippen LogP contribution in [0.25, 0.3) is 0 Å². The first-order valence-corrected chi connectivity index (χ1v) is 8.05. The minimum Gasteiger partial charge on any atom is -0.258 e. The largest absolute Gasteiger partial charge is 0.273 e. The molecule has 1 fully saturated rings. The average molecular weight is 298 g/mol. The summed E-state index contributed by atoms with van der Waals surface area (Å²) < 4.78 is 27.1. The molecule has 6 nitrogen and oxygen atoms in total. The number of nitrogens with zero attached hydrogens (tertiary/aromatic N) is 1. The predicted molar refractivity (Wildman–Crippen MR) is 75.0 cm³/mol. The summed E-state index contributed by atoms with van der Waals surface area (Å²) in [6.45, 7) is 3.67. The Morgan fingerprint density at radius 2 is 2.05 bits per heavy atom. The second kappa shape index (κ2) is 5.49. The first-order chi connectivity index (χ1) is 9.29. The van der Waals surface area contributed by atoms with Gasteiger partial charge < -0.3 is 0 Å². The molecule has 110 valence electrons. The zero-order valence-corrected chi connectivity index (χ0v) is 12.3. The van der Waals surface area contributed by atoms with Crippen molar-refractivity contribution in [1.82, 2.24) is 4.72 Å². The van der Waals surface area contributed by atoms with Crippen LogP contribution in [0.4, 0.5) is 5.69 Å². The fourth-order valence-corrected chi connectivity index (χ4v) is 3.86. The molecule has 1 aromatic carbocycles. The number of sulfonamides is 1. The summed E-state index contributed by atoms with van der Waals surface area (Å²) in [6.07, 6.45) is 2.63. The Hall–Kier alpha value is -1.47. The van der Waals surface area contributed by atoms with Crippen LogP contribution in [0.3, 0.4) is 0 Å². The highest BCUT2D eigenvalue weighted by Crippen LogP contribution is 2.27. The van der Waals surface area contributed by atoms with Gasteiger partial charge in [-0.2, -0.15) is 0 Å². The highest BCUT2D eigenvalue weighted by molar-refractivity contribution is 7.89. The molecular formula is C13H18N2O4S. The Bertz CT molecular complexity index is 627. The van der Waals surface area contributed by atoms with Gasteiger partial charge in [-0.15, -0.1) is 0 Å². The summed E-state index contributed by atoms with van der Waals surface area (Å²) in [5.41, 5.74) is 0.274. The summed E-state index contributed by atoms with van der Waals surface area (Å²) >= 11 is 0. The van der Waals surface area contributed by atoms with Crippen LogP contribution in [0.1, 0.15) is 31.7 Å². The third-order valence-corrected chi connectivity index (χ3v) is 5.22. The molecule has 1 saturated carbocycles. The van der Waals surface area contributed by atoms with E-state index in [2.05, 4.69) is 11.6 Å². The van der Waals surface area contributed by atoms with Gasteiger partial charge in [0, 0.05) is 17.7 Å². The SMILES string of the molecule is Cc1ccc(S(=O)(=O)NC2CCC(C)C2)cc1[N+](=O)[O-]. The Kier molecular flexibility index (Phi) is 4.10. The van der Waals surface area contributed by atoms with Crippen molar-refractivity contribution in [2.75, 3.05) is 0 Å². The lowest BCUT2D eigenvalue weighted by molar-refractivity contribution is -0.385. The van der Waals surface area contributed by atoms with Crippen molar-refractivity contribution in [1.29, 1.82) is 0 Å². The summed E-state index contributed by atoms with van der Waals surface area (Å²) in [5.74, 6) is 0.509. The molecule has 1 aliphatic carbocycles. The van der Waals surface area contributed by atoms with E-state index in [1.54, 1.807) is 6.92 Å². The van der Waals surface area contributed by atoms with Crippen molar-refractivity contribution in [3.8, 4) is 0 Å². The maximum Gasteiger partial charge on any atom is 0.273 e. The van der Waals surface area contributed by atoms with Gasteiger partial charge in [-0.3, -0.25) is 10.1 Å². The number of nitro benzene ring substituents is 1. The van der Waals surface area contributed by atoms with Crippen LogP contribution < -0.4 is 4.72 Å². The monoisotopic (exact) mass is 298 g/mol. The van der Waals surface area contributed by atoms with E-state index in [0.717, 1.165) is 25.3 Å². The van der Waals surface area contributed by atoms with Gasteiger partial charge in [-0.25, -0.2) is 13.1 Å². The number of nitrogens with one attached hydrogen (secondary N) is 1. The molecule has 1 aromatic rings. The Morgan fingerprint density at radius 3 is 2.60 bits per heavy atom. The number of hydrogen-bond donors (Lipinski definition) is 1. The topological polar surface area (TPSA) is 89.3 Å². The third-order valence-electron chi connectivity index (χ3n) is 3.70. The molecule has 1 aliphatic rings. The van der Waals surface area contributed by atoms with Crippen LogP contribution >= 0.6 is 0 Å². The van der Waals surface area contributed by atoms with Crippen LogP contribution in [-0.2, 0) is 10.0 Å². The summed E-state index contributed by atoms with van der Waals surface area (Å²) in [6, 6.07) is 3.92. The second-order valence-electron chi connectivity index (χ2n) is 5.44. The zero-order chi connectivity index (χ0) is 14.9. The van der Waals surface area contributed by atoms with Gasteiger partial charge in [-0.1, -0.05) is 13.0 Å². The molecule has 0 spiro atoms. The van der Waals surface area contributed by atoms with Crippen LogP contribution in [0.15, 0.2) is 23.1 Å². The van der Waals surface area contributed by atoms with E-state index in [9.17, 15) is 18.5 Å². The van der Waals surface area contributed by atoms with Crippen LogP contribution in [0.5, 0.6) is 0 Å². The standard InChI is InChI=1S/C13H18N2O4S/c1-9-3-5-11(7-9)14-20(18,19)12-6-4-10(2)13(8-12)15(16)17/h4,6,8-9,11,14H,3,5,7H2,1-2H3. The highest BCUT2D eigenvalue weighted by Gasteiger charge is 2.27. The van der Waals surface area contributed by atoms with Crippen molar-refractivity contribution in [2.45, 2.75) is 44.0 Å². The van der Waals surface area contributed by atoms with Gasteiger partial charge in [0.05, 0.1) is 9.82 Å². The van der Waals surface area contributed by atoms with Crippen molar-refractivity contribution >= 4 is 15.7 Å².